The molecule has 1 saturated heterocycles. The van der Waals surface area contributed by atoms with Crippen molar-refractivity contribution >= 4 is 21.6 Å². The van der Waals surface area contributed by atoms with E-state index in [1.807, 2.05) is 32.0 Å². The third-order valence-electron chi connectivity index (χ3n) is 6.50. The first kappa shape index (κ1) is 28.2. The molecule has 208 valence electrons. The molecule has 1 fully saturated rings. The predicted octanol–water partition coefficient (Wildman–Crippen LogP) is 3.66. The van der Waals surface area contributed by atoms with Crippen molar-refractivity contribution in [2.75, 3.05) is 33.4 Å². The van der Waals surface area contributed by atoms with Crippen molar-refractivity contribution < 1.29 is 27.6 Å². The molecule has 12 nitrogen and oxygen atoms in total. The molecule has 0 bridgehead atoms. The number of nitrogens with zero attached hydrogens (tertiary/aromatic N) is 4. The Kier molecular flexibility index (Phi) is 8.33. The lowest BCUT2D eigenvalue weighted by atomic mass is 10.1. The molecule has 0 aliphatic carbocycles. The Bertz CT molecular complexity index is 1510. The van der Waals surface area contributed by atoms with E-state index in [1.165, 1.54) is 28.2 Å². The van der Waals surface area contributed by atoms with E-state index in [1.54, 1.807) is 6.92 Å². The molecule has 4 rings (SSSR count). The molecular weight excluding hydrogens is 526 g/mol. The largest absolute Gasteiger partial charge is 0.437 e. The average Bonchev–Trinajstić information content (AvgIpc) is 3.55. The van der Waals surface area contributed by atoms with Gasteiger partial charge in [0.05, 0.1) is 17.2 Å². The van der Waals surface area contributed by atoms with Gasteiger partial charge in [-0.25, -0.2) is 8.42 Å². The summed E-state index contributed by atoms with van der Waals surface area (Å²) in [6.45, 7) is 6.65. The molecule has 1 N–H and O–H groups in total. The standard InChI is InChI=1S/C26H31N5O7S/c1-17-7-8-18(2)21(15-17)30-26(19(3)24(28-30)25(32)27-11-14-37-4)38-22-10-9-20(31(33)34)16-23(22)39(35,36)29-12-5-6-13-29/h7-10,15-16H,5-6,11-14H2,1-4H3,(H,27,32). The molecule has 0 unspecified atom stereocenters. The number of amides is 1. The second-order valence-electron chi connectivity index (χ2n) is 9.33. The van der Waals surface area contributed by atoms with Crippen molar-refractivity contribution in [1.82, 2.24) is 19.4 Å². The van der Waals surface area contributed by atoms with Crippen molar-refractivity contribution in [3.8, 4) is 17.3 Å². The van der Waals surface area contributed by atoms with E-state index in [0.717, 1.165) is 17.2 Å². The van der Waals surface area contributed by atoms with E-state index in [-0.39, 0.29) is 34.5 Å². The van der Waals surface area contributed by atoms with Crippen LogP contribution in [-0.2, 0) is 14.8 Å². The Morgan fingerprint density at radius 1 is 1.13 bits per heavy atom. The molecule has 1 aliphatic heterocycles. The summed E-state index contributed by atoms with van der Waals surface area (Å²) in [5.41, 5.74) is 2.50. The number of nitro groups is 1. The van der Waals surface area contributed by atoms with Crippen LogP contribution in [0.25, 0.3) is 5.69 Å². The molecule has 39 heavy (non-hydrogen) atoms. The second-order valence-corrected chi connectivity index (χ2v) is 11.2. The van der Waals surface area contributed by atoms with Crippen LogP contribution in [0.2, 0.25) is 0 Å². The highest BCUT2D eigenvalue weighted by molar-refractivity contribution is 7.89. The number of aryl methyl sites for hydroxylation is 2. The van der Waals surface area contributed by atoms with Crippen LogP contribution in [0.5, 0.6) is 11.6 Å². The van der Waals surface area contributed by atoms with Gasteiger partial charge in [0.2, 0.25) is 15.9 Å². The summed E-state index contributed by atoms with van der Waals surface area (Å²) in [4.78, 5) is 23.5. The van der Waals surface area contributed by atoms with Gasteiger partial charge >= 0.3 is 0 Å². The monoisotopic (exact) mass is 557 g/mol. The predicted molar refractivity (Wildman–Crippen MR) is 143 cm³/mol. The maximum atomic E-state index is 13.5. The van der Waals surface area contributed by atoms with Crippen LogP contribution in [0.4, 0.5) is 5.69 Å². The van der Waals surface area contributed by atoms with Gasteiger partial charge in [-0.05, 0) is 56.9 Å². The number of rotatable bonds is 10. The van der Waals surface area contributed by atoms with Gasteiger partial charge in [-0.1, -0.05) is 12.1 Å². The van der Waals surface area contributed by atoms with Crippen LogP contribution in [0, 0.1) is 30.9 Å². The fourth-order valence-corrected chi connectivity index (χ4v) is 6.00. The number of benzene rings is 2. The zero-order valence-electron chi connectivity index (χ0n) is 22.3. The summed E-state index contributed by atoms with van der Waals surface area (Å²) in [5.74, 6) is -0.437. The summed E-state index contributed by atoms with van der Waals surface area (Å²) in [5, 5.41) is 18.8. The lowest BCUT2D eigenvalue weighted by molar-refractivity contribution is -0.385. The highest BCUT2D eigenvalue weighted by Crippen LogP contribution is 2.38. The van der Waals surface area contributed by atoms with Crippen molar-refractivity contribution in [1.29, 1.82) is 0 Å². The number of nitrogens with one attached hydrogen (secondary N) is 1. The molecule has 1 amide bonds. The van der Waals surface area contributed by atoms with Crippen molar-refractivity contribution in [3.63, 3.8) is 0 Å². The first-order valence-corrected chi connectivity index (χ1v) is 13.9. The molecule has 2 aromatic carbocycles. The molecule has 1 aromatic heterocycles. The number of nitro benzene ring substituents is 1. The molecule has 1 aliphatic rings. The van der Waals surface area contributed by atoms with Crippen LogP contribution >= 0.6 is 0 Å². The smallest absolute Gasteiger partial charge is 0.272 e. The first-order chi connectivity index (χ1) is 18.5. The summed E-state index contributed by atoms with van der Waals surface area (Å²) >= 11 is 0. The van der Waals surface area contributed by atoms with E-state index in [0.29, 0.717) is 43.8 Å². The number of sulfonamides is 1. The minimum Gasteiger partial charge on any atom is -0.437 e. The number of hydrogen-bond donors (Lipinski definition) is 1. The lowest BCUT2D eigenvalue weighted by Crippen LogP contribution is -2.28. The van der Waals surface area contributed by atoms with Crippen LogP contribution in [0.15, 0.2) is 41.3 Å². The van der Waals surface area contributed by atoms with Crippen LogP contribution < -0.4 is 10.1 Å². The Hall–Kier alpha value is -3.81. The van der Waals surface area contributed by atoms with Crippen LogP contribution in [0.1, 0.15) is 40.0 Å². The van der Waals surface area contributed by atoms with Gasteiger partial charge in [-0.3, -0.25) is 14.9 Å². The lowest BCUT2D eigenvalue weighted by Gasteiger charge is -2.19. The Balaban J connectivity index is 1.87. The second kappa shape index (κ2) is 11.5. The van der Waals surface area contributed by atoms with Crippen molar-refractivity contribution in [2.24, 2.45) is 0 Å². The van der Waals surface area contributed by atoms with E-state index in [2.05, 4.69) is 10.4 Å². The number of carbonyl (C=O) groups excluding carboxylic acids is 1. The minimum atomic E-state index is -4.09. The molecule has 0 radical (unpaired) electrons. The summed E-state index contributed by atoms with van der Waals surface area (Å²) in [7, 11) is -2.57. The Morgan fingerprint density at radius 3 is 2.51 bits per heavy atom. The normalized spacial score (nSPS) is 13.9. The number of methoxy groups -OCH3 is 1. The highest BCUT2D eigenvalue weighted by atomic mass is 32.2. The average molecular weight is 558 g/mol. The third-order valence-corrected chi connectivity index (χ3v) is 8.42. The maximum absolute atomic E-state index is 13.5. The van der Waals surface area contributed by atoms with Crippen molar-refractivity contribution in [3.05, 3.63) is 68.9 Å². The van der Waals surface area contributed by atoms with Crippen molar-refractivity contribution in [2.45, 2.75) is 38.5 Å². The summed E-state index contributed by atoms with van der Waals surface area (Å²) in [6, 6.07) is 9.17. The zero-order valence-corrected chi connectivity index (χ0v) is 23.1. The van der Waals surface area contributed by atoms with E-state index in [9.17, 15) is 23.3 Å². The summed E-state index contributed by atoms with van der Waals surface area (Å²) in [6.07, 6.45) is 1.40. The van der Waals surface area contributed by atoms with Gasteiger partial charge in [0, 0.05) is 44.4 Å². The number of carbonyl (C=O) groups is 1. The van der Waals surface area contributed by atoms with Gasteiger partial charge < -0.3 is 14.8 Å². The Morgan fingerprint density at radius 2 is 1.85 bits per heavy atom. The minimum absolute atomic E-state index is 0.0906. The van der Waals surface area contributed by atoms with E-state index in [4.69, 9.17) is 9.47 Å². The van der Waals surface area contributed by atoms with Gasteiger partial charge in [-0.15, -0.1) is 0 Å². The number of ether oxygens (including phenoxy) is 2. The van der Waals surface area contributed by atoms with Crippen LogP contribution in [-0.4, -0.2) is 66.7 Å². The number of aromatic nitrogens is 2. The fraction of sp³-hybridized carbons (Fsp3) is 0.385. The zero-order chi connectivity index (χ0) is 28.3. The van der Waals surface area contributed by atoms with E-state index >= 15 is 0 Å². The molecule has 3 aromatic rings. The maximum Gasteiger partial charge on any atom is 0.272 e. The molecule has 0 spiro atoms. The van der Waals surface area contributed by atoms with Gasteiger partial charge in [-0.2, -0.15) is 14.1 Å². The van der Waals surface area contributed by atoms with Gasteiger partial charge in [0.15, 0.2) is 5.69 Å². The fourth-order valence-electron chi connectivity index (χ4n) is 4.35. The molecule has 13 heteroatoms. The van der Waals surface area contributed by atoms with E-state index < -0.39 is 20.9 Å². The summed E-state index contributed by atoms with van der Waals surface area (Å²) < 4.78 is 41.1. The third kappa shape index (κ3) is 5.79. The SMILES string of the molecule is COCCNC(=O)c1nn(-c2cc(C)ccc2C)c(Oc2ccc([N+](=O)[O-])cc2S(=O)(=O)N2CCCC2)c1C. The Labute approximate surface area is 226 Å². The molecule has 0 atom stereocenters. The van der Waals surface area contributed by atoms with Crippen LogP contribution in [0.3, 0.4) is 0 Å². The van der Waals surface area contributed by atoms with Gasteiger partial charge in [0.25, 0.3) is 11.6 Å². The first-order valence-electron chi connectivity index (χ1n) is 12.5. The molecule has 2 heterocycles. The number of hydrogen-bond acceptors (Lipinski definition) is 8. The highest BCUT2D eigenvalue weighted by Gasteiger charge is 2.33. The number of non-ortho nitro benzene ring substituents is 1. The molecular formula is C26H31N5O7S. The quantitative estimate of drug-likeness (QED) is 0.226. The topological polar surface area (TPSA) is 146 Å². The molecule has 0 saturated carbocycles. The van der Waals surface area contributed by atoms with Gasteiger partial charge in [0.1, 0.15) is 10.6 Å².